The maximum atomic E-state index is 12.4. The predicted molar refractivity (Wildman–Crippen MR) is 42.1 cm³/mol. The summed E-state index contributed by atoms with van der Waals surface area (Å²) in [6.45, 7) is 1.15. The number of aromatic nitrogens is 3. The molecule has 1 heterocycles. The van der Waals surface area contributed by atoms with Crippen LogP contribution in [0.25, 0.3) is 0 Å². The first-order chi connectivity index (χ1) is 6.75. The molecule has 1 N–H and O–H groups in total. The van der Waals surface area contributed by atoms with Crippen molar-refractivity contribution in [1.82, 2.24) is 15.0 Å². The van der Waals surface area contributed by atoms with Gasteiger partial charge in [-0.1, -0.05) is 5.21 Å². The highest BCUT2D eigenvalue weighted by Gasteiger charge is 2.40. The molecule has 15 heavy (non-hydrogen) atoms. The number of nitrogens with zero attached hydrogens (tertiary/aromatic N) is 3. The molecule has 8 heteroatoms. The summed E-state index contributed by atoms with van der Waals surface area (Å²) in [5.41, 5.74) is -1.70. The topological polar surface area (TPSA) is 68.0 Å². The number of rotatable bonds is 2. The lowest BCUT2D eigenvalue weighted by Crippen LogP contribution is -2.17. The van der Waals surface area contributed by atoms with Crippen molar-refractivity contribution >= 4 is 5.97 Å². The van der Waals surface area contributed by atoms with Crippen LogP contribution in [-0.2, 0) is 18.0 Å². The van der Waals surface area contributed by atoms with E-state index in [-0.39, 0.29) is 0 Å². The normalized spacial score (nSPS) is 13.9. The molecule has 1 rings (SSSR count). The van der Waals surface area contributed by atoms with Crippen molar-refractivity contribution in [3.63, 3.8) is 0 Å². The Hall–Kier alpha value is -1.60. The van der Waals surface area contributed by atoms with Crippen LogP contribution in [0.4, 0.5) is 13.2 Å². The standard InChI is InChI=1S/C7H8F3N3O2/c1-3(6(14)15)4-5(7(8,9)10)11-12-13(4)2/h3H,1-2H3,(H,14,15). The summed E-state index contributed by atoms with van der Waals surface area (Å²) in [6, 6.07) is 0. The Morgan fingerprint density at radius 1 is 1.53 bits per heavy atom. The maximum absolute atomic E-state index is 12.4. The van der Waals surface area contributed by atoms with Crippen molar-refractivity contribution < 1.29 is 23.1 Å². The van der Waals surface area contributed by atoms with Gasteiger partial charge >= 0.3 is 12.1 Å². The highest BCUT2D eigenvalue weighted by molar-refractivity contribution is 5.75. The number of aryl methyl sites for hydroxylation is 1. The number of halogens is 3. The zero-order chi connectivity index (χ0) is 11.8. The molecule has 0 aromatic carbocycles. The van der Waals surface area contributed by atoms with Crippen molar-refractivity contribution in [3.05, 3.63) is 11.4 Å². The molecule has 0 saturated heterocycles. The molecule has 5 nitrogen and oxygen atoms in total. The lowest BCUT2D eigenvalue weighted by molar-refractivity contribution is -0.143. The van der Waals surface area contributed by atoms with Crippen LogP contribution in [0.5, 0.6) is 0 Å². The Morgan fingerprint density at radius 3 is 2.47 bits per heavy atom. The molecule has 84 valence electrons. The van der Waals surface area contributed by atoms with E-state index >= 15 is 0 Å². The molecule has 1 atom stereocenters. The third kappa shape index (κ3) is 2.08. The molecule has 0 aliphatic carbocycles. The van der Waals surface area contributed by atoms with Crippen molar-refractivity contribution in [3.8, 4) is 0 Å². The van der Waals surface area contributed by atoms with Crippen LogP contribution in [0.15, 0.2) is 0 Å². The zero-order valence-electron chi connectivity index (χ0n) is 7.91. The van der Waals surface area contributed by atoms with E-state index in [2.05, 4.69) is 10.3 Å². The molecule has 1 aromatic rings. The SMILES string of the molecule is CC(C(=O)O)c1c(C(F)(F)F)nnn1C. The fourth-order valence-corrected chi connectivity index (χ4v) is 1.17. The Morgan fingerprint density at radius 2 is 2.07 bits per heavy atom. The molecular weight excluding hydrogens is 215 g/mol. The number of hydrogen-bond acceptors (Lipinski definition) is 3. The third-order valence-electron chi connectivity index (χ3n) is 1.92. The quantitative estimate of drug-likeness (QED) is 0.812. The second-order valence-corrected chi connectivity index (χ2v) is 3.00. The van der Waals surface area contributed by atoms with E-state index in [1.807, 2.05) is 0 Å². The van der Waals surface area contributed by atoms with Crippen molar-refractivity contribution in [1.29, 1.82) is 0 Å². The van der Waals surface area contributed by atoms with Crippen molar-refractivity contribution in [2.75, 3.05) is 0 Å². The van der Waals surface area contributed by atoms with Gasteiger partial charge in [0.25, 0.3) is 0 Å². The van der Waals surface area contributed by atoms with Gasteiger partial charge in [-0.15, -0.1) is 5.10 Å². The number of aliphatic carboxylic acids is 1. The lowest BCUT2D eigenvalue weighted by atomic mass is 10.1. The molecule has 0 radical (unpaired) electrons. The Bertz CT molecular complexity index is 385. The van der Waals surface area contributed by atoms with Crippen LogP contribution in [0, 0.1) is 0 Å². The summed E-state index contributed by atoms with van der Waals surface area (Å²) in [5, 5.41) is 14.7. The van der Waals surface area contributed by atoms with Crippen LogP contribution in [-0.4, -0.2) is 26.1 Å². The minimum absolute atomic E-state index is 0.449. The first kappa shape index (κ1) is 11.5. The van der Waals surface area contributed by atoms with Gasteiger partial charge < -0.3 is 5.11 Å². The zero-order valence-corrected chi connectivity index (χ0v) is 7.91. The van der Waals surface area contributed by atoms with Crippen LogP contribution in [0.2, 0.25) is 0 Å². The van der Waals surface area contributed by atoms with Gasteiger partial charge in [0.1, 0.15) is 0 Å². The molecule has 0 fully saturated rings. The van der Waals surface area contributed by atoms with Gasteiger partial charge in [-0.2, -0.15) is 13.2 Å². The molecule has 0 aliphatic rings. The minimum Gasteiger partial charge on any atom is -0.481 e. The maximum Gasteiger partial charge on any atom is 0.437 e. The lowest BCUT2D eigenvalue weighted by Gasteiger charge is -2.10. The van der Waals surface area contributed by atoms with Crippen LogP contribution in [0.3, 0.4) is 0 Å². The smallest absolute Gasteiger partial charge is 0.437 e. The van der Waals surface area contributed by atoms with Gasteiger partial charge in [0.15, 0.2) is 5.69 Å². The largest absolute Gasteiger partial charge is 0.481 e. The summed E-state index contributed by atoms with van der Waals surface area (Å²) < 4.78 is 38.0. The van der Waals surface area contributed by atoms with E-state index in [4.69, 9.17) is 5.11 Å². The van der Waals surface area contributed by atoms with Crippen LogP contribution >= 0.6 is 0 Å². The molecule has 0 aliphatic heterocycles. The van der Waals surface area contributed by atoms with Gasteiger partial charge in [-0.3, -0.25) is 9.48 Å². The van der Waals surface area contributed by atoms with E-state index in [9.17, 15) is 18.0 Å². The van der Waals surface area contributed by atoms with Gasteiger partial charge in [0.05, 0.1) is 11.6 Å². The molecule has 0 bridgehead atoms. The first-order valence-electron chi connectivity index (χ1n) is 3.94. The summed E-state index contributed by atoms with van der Waals surface area (Å²) in [7, 11) is 1.22. The average molecular weight is 223 g/mol. The van der Waals surface area contributed by atoms with Gasteiger partial charge in [-0.05, 0) is 6.92 Å². The number of carbonyl (C=O) groups is 1. The molecule has 1 aromatic heterocycles. The summed E-state index contributed by atoms with van der Waals surface area (Å²) >= 11 is 0. The molecule has 0 spiro atoms. The summed E-state index contributed by atoms with van der Waals surface area (Å²) in [4.78, 5) is 10.6. The van der Waals surface area contributed by atoms with Crippen LogP contribution < -0.4 is 0 Å². The number of carboxylic acid groups (broad SMARTS) is 1. The van der Waals surface area contributed by atoms with Gasteiger partial charge in [0, 0.05) is 7.05 Å². The summed E-state index contributed by atoms with van der Waals surface area (Å²) in [6.07, 6.45) is -4.69. The monoisotopic (exact) mass is 223 g/mol. The van der Waals surface area contributed by atoms with E-state index in [0.29, 0.717) is 0 Å². The summed E-state index contributed by atoms with van der Waals surface area (Å²) in [5.74, 6) is -2.66. The van der Waals surface area contributed by atoms with Gasteiger partial charge in [0.2, 0.25) is 0 Å². The third-order valence-corrected chi connectivity index (χ3v) is 1.92. The van der Waals surface area contributed by atoms with Crippen LogP contribution in [0.1, 0.15) is 24.2 Å². The fourth-order valence-electron chi connectivity index (χ4n) is 1.17. The number of alkyl halides is 3. The minimum atomic E-state index is -4.69. The Labute approximate surface area is 82.5 Å². The Kier molecular flexibility index (Phi) is 2.69. The number of carboxylic acids is 1. The van der Waals surface area contributed by atoms with Gasteiger partial charge in [-0.25, -0.2) is 0 Å². The molecule has 0 amide bonds. The van der Waals surface area contributed by atoms with Crippen molar-refractivity contribution in [2.24, 2.45) is 7.05 Å². The second kappa shape index (κ2) is 3.52. The first-order valence-corrected chi connectivity index (χ1v) is 3.94. The van der Waals surface area contributed by atoms with E-state index in [0.717, 1.165) is 11.6 Å². The van der Waals surface area contributed by atoms with E-state index in [1.165, 1.54) is 7.05 Å². The fraction of sp³-hybridized carbons (Fsp3) is 0.571. The Balaban J connectivity index is 3.27. The van der Waals surface area contributed by atoms with E-state index in [1.54, 1.807) is 0 Å². The second-order valence-electron chi connectivity index (χ2n) is 3.00. The molecule has 1 unspecified atom stereocenters. The molecule has 0 saturated carbocycles. The number of hydrogen-bond donors (Lipinski definition) is 1. The molecular formula is C7H8F3N3O2. The van der Waals surface area contributed by atoms with Crippen molar-refractivity contribution in [2.45, 2.75) is 19.0 Å². The van der Waals surface area contributed by atoms with E-state index < -0.39 is 29.5 Å². The highest BCUT2D eigenvalue weighted by atomic mass is 19.4. The average Bonchev–Trinajstić information content (AvgIpc) is 2.44. The predicted octanol–water partition coefficient (Wildman–Crippen LogP) is 1.02. The highest BCUT2D eigenvalue weighted by Crippen LogP contribution is 2.33.